The second-order valence-electron chi connectivity index (χ2n) is 9.20. The topological polar surface area (TPSA) is 84.7 Å². The molecule has 0 aromatic heterocycles. The van der Waals surface area contributed by atoms with Crippen molar-refractivity contribution in [2.24, 2.45) is 17.6 Å². The van der Waals surface area contributed by atoms with Gasteiger partial charge in [-0.05, 0) is 43.4 Å². The van der Waals surface area contributed by atoms with Crippen molar-refractivity contribution in [1.82, 2.24) is 9.62 Å². The number of nitrogens with two attached hydrogens (primary N) is 1. The SMILES string of the molecule is N[C@H]1C[C@H](C2CNC3=C2N(S(=O)(=O)C2CCCC2)CC3)CO[C@@H]1c1cc(F)ccc1F. The van der Waals surface area contributed by atoms with Crippen molar-refractivity contribution < 1.29 is 21.9 Å². The van der Waals surface area contributed by atoms with E-state index in [1.54, 1.807) is 4.31 Å². The number of benzene rings is 1. The molecule has 31 heavy (non-hydrogen) atoms. The van der Waals surface area contributed by atoms with Crippen molar-refractivity contribution in [2.75, 3.05) is 19.7 Å². The molecule has 6 nitrogen and oxygen atoms in total. The van der Waals surface area contributed by atoms with Gasteiger partial charge in [-0.1, -0.05) is 12.8 Å². The third-order valence-corrected chi connectivity index (χ3v) is 9.65. The van der Waals surface area contributed by atoms with Crippen molar-refractivity contribution in [1.29, 1.82) is 0 Å². The number of ether oxygens (including phenoxy) is 1. The molecule has 1 saturated carbocycles. The Morgan fingerprint density at radius 3 is 2.71 bits per heavy atom. The second kappa shape index (κ2) is 8.01. The van der Waals surface area contributed by atoms with Gasteiger partial charge in [0.15, 0.2) is 0 Å². The standard InChI is InChI=1S/C22H29F2N3O3S/c23-14-5-6-18(24)16(10-14)22-19(25)9-13(12-30-22)17-11-26-20-7-8-27(21(17)20)31(28,29)15-3-1-2-4-15/h5-6,10,13,15,17,19,22,26H,1-4,7-9,11-12,25H2/t13-,17?,19-,22+/m0/s1. The minimum atomic E-state index is -3.37. The molecule has 1 aromatic carbocycles. The lowest BCUT2D eigenvalue weighted by Gasteiger charge is -2.39. The van der Waals surface area contributed by atoms with Crippen molar-refractivity contribution in [2.45, 2.75) is 55.9 Å². The highest BCUT2D eigenvalue weighted by atomic mass is 32.2. The van der Waals surface area contributed by atoms with Crippen molar-refractivity contribution in [3.05, 3.63) is 46.8 Å². The second-order valence-corrected chi connectivity index (χ2v) is 11.3. The molecule has 0 amide bonds. The van der Waals surface area contributed by atoms with Gasteiger partial charge in [-0.25, -0.2) is 17.2 Å². The van der Waals surface area contributed by atoms with Crippen LogP contribution in [-0.4, -0.2) is 43.7 Å². The largest absolute Gasteiger partial charge is 0.386 e. The average Bonchev–Trinajstić information content (AvgIpc) is 3.48. The van der Waals surface area contributed by atoms with Crippen LogP contribution in [0.5, 0.6) is 0 Å². The maximum atomic E-state index is 14.2. The summed E-state index contributed by atoms with van der Waals surface area (Å²) in [5.41, 5.74) is 8.39. The van der Waals surface area contributed by atoms with E-state index in [0.29, 0.717) is 32.5 Å². The summed E-state index contributed by atoms with van der Waals surface area (Å²) < 4.78 is 62.1. The molecule has 3 aliphatic heterocycles. The number of sulfonamides is 1. The Hall–Kier alpha value is -1.71. The van der Waals surface area contributed by atoms with Crippen LogP contribution in [-0.2, 0) is 14.8 Å². The van der Waals surface area contributed by atoms with Crippen LogP contribution >= 0.6 is 0 Å². The summed E-state index contributed by atoms with van der Waals surface area (Å²) in [7, 11) is -3.37. The number of halogens is 2. The molecular formula is C22H29F2N3O3S. The first-order valence-electron chi connectivity index (χ1n) is 11.2. The van der Waals surface area contributed by atoms with E-state index in [-0.39, 0.29) is 22.6 Å². The summed E-state index contributed by atoms with van der Waals surface area (Å²) in [6.07, 6.45) is 3.95. The van der Waals surface area contributed by atoms with Crippen LogP contribution in [0.3, 0.4) is 0 Å². The summed E-state index contributed by atoms with van der Waals surface area (Å²) in [5, 5.41) is 3.11. The number of hydrogen-bond donors (Lipinski definition) is 2. The highest BCUT2D eigenvalue weighted by molar-refractivity contribution is 7.89. The van der Waals surface area contributed by atoms with Crippen molar-refractivity contribution >= 4 is 10.0 Å². The first-order valence-corrected chi connectivity index (χ1v) is 12.7. The van der Waals surface area contributed by atoms with Crippen LogP contribution in [0.15, 0.2) is 29.6 Å². The van der Waals surface area contributed by atoms with Gasteiger partial charge in [-0.3, -0.25) is 4.31 Å². The van der Waals surface area contributed by atoms with E-state index in [1.807, 2.05) is 0 Å². The van der Waals surface area contributed by atoms with E-state index in [4.69, 9.17) is 10.5 Å². The van der Waals surface area contributed by atoms with Crippen LogP contribution in [0.4, 0.5) is 8.78 Å². The first kappa shape index (κ1) is 21.2. The molecule has 1 unspecified atom stereocenters. The molecular weight excluding hydrogens is 424 g/mol. The van der Waals surface area contributed by atoms with E-state index in [1.165, 1.54) is 0 Å². The summed E-state index contributed by atoms with van der Waals surface area (Å²) in [6.45, 7) is 1.47. The van der Waals surface area contributed by atoms with Crippen LogP contribution in [0, 0.1) is 23.5 Å². The Bertz CT molecular complexity index is 994. The lowest BCUT2D eigenvalue weighted by Crippen LogP contribution is -2.45. The van der Waals surface area contributed by atoms with E-state index < -0.39 is 33.8 Å². The normalized spacial score (nSPS) is 31.9. The zero-order valence-electron chi connectivity index (χ0n) is 17.4. The number of rotatable bonds is 4. The van der Waals surface area contributed by atoms with Crippen LogP contribution in [0.2, 0.25) is 0 Å². The molecule has 5 rings (SSSR count). The van der Waals surface area contributed by atoms with Gasteiger partial charge >= 0.3 is 0 Å². The maximum Gasteiger partial charge on any atom is 0.237 e. The molecule has 0 spiro atoms. The molecule has 2 fully saturated rings. The summed E-state index contributed by atoms with van der Waals surface area (Å²) in [6, 6.07) is 2.81. The first-order chi connectivity index (χ1) is 14.9. The van der Waals surface area contributed by atoms with Crippen LogP contribution in [0.1, 0.15) is 50.2 Å². The monoisotopic (exact) mass is 453 g/mol. The van der Waals surface area contributed by atoms with Gasteiger partial charge in [0.1, 0.15) is 17.7 Å². The molecule has 0 bridgehead atoms. The molecule has 1 aliphatic carbocycles. The highest BCUT2D eigenvalue weighted by Gasteiger charge is 2.47. The fourth-order valence-electron chi connectivity index (χ4n) is 5.78. The van der Waals surface area contributed by atoms with Gasteiger partial charge in [0.2, 0.25) is 10.0 Å². The van der Waals surface area contributed by atoms with E-state index in [9.17, 15) is 17.2 Å². The Kier molecular flexibility index (Phi) is 5.46. The smallest absolute Gasteiger partial charge is 0.237 e. The third-order valence-electron chi connectivity index (χ3n) is 7.35. The van der Waals surface area contributed by atoms with Gasteiger partial charge < -0.3 is 15.8 Å². The third kappa shape index (κ3) is 3.64. The minimum Gasteiger partial charge on any atom is -0.386 e. The quantitative estimate of drug-likeness (QED) is 0.733. The van der Waals surface area contributed by atoms with E-state index in [0.717, 1.165) is 55.3 Å². The maximum absolute atomic E-state index is 14.2. The van der Waals surface area contributed by atoms with Crippen LogP contribution in [0.25, 0.3) is 0 Å². The van der Waals surface area contributed by atoms with Gasteiger partial charge in [-0.15, -0.1) is 0 Å². The fraction of sp³-hybridized carbons (Fsp3) is 0.636. The summed E-state index contributed by atoms with van der Waals surface area (Å²) in [5.74, 6) is -1.06. The Balaban J connectivity index is 1.34. The number of hydrogen-bond acceptors (Lipinski definition) is 5. The lowest BCUT2D eigenvalue weighted by atomic mass is 9.82. The van der Waals surface area contributed by atoms with Crippen molar-refractivity contribution in [3.8, 4) is 0 Å². The molecule has 1 aromatic rings. The molecule has 9 heteroatoms. The predicted molar refractivity (Wildman–Crippen MR) is 112 cm³/mol. The molecule has 3 N–H and O–H groups in total. The Morgan fingerprint density at radius 1 is 1.19 bits per heavy atom. The van der Waals surface area contributed by atoms with E-state index in [2.05, 4.69) is 5.32 Å². The molecule has 0 radical (unpaired) electrons. The van der Waals surface area contributed by atoms with Gasteiger partial charge in [0, 0.05) is 42.7 Å². The van der Waals surface area contributed by atoms with Gasteiger partial charge in [-0.2, -0.15) is 0 Å². The Labute approximate surface area is 181 Å². The Morgan fingerprint density at radius 2 is 1.97 bits per heavy atom. The van der Waals surface area contributed by atoms with Crippen molar-refractivity contribution in [3.63, 3.8) is 0 Å². The molecule has 3 heterocycles. The average molecular weight is 454 g/mol. The predicted octanol–water partition coefficient (Wildman–Crippen LogP) is 2.78. The van der Waals surface area contributed by atoms with Gasteiger partial charge in [0.25, 0.3) is 0 Å². The molecule has 170 valence electrons. The number of nitrogens with one attached hydrogen (secondary N) is 1. The summed E-state index contributed by atoms with van der Waals surface area (Å²) in [4.78, 5) is 0. The molecule has 4 aliphatic rings. The van der Waals surface area contributed by atoms with Crippen LogP contribution < -0.4 is 11.1 Å². The lowest BCUT2D eigenvalue weighted by molar-refractivity contribution is -0.0445. The van der Waals surface area contributed by atoms with E-state index >= 15 is 0 Å². The summed E-state index contributed by atoms with van der Waals surface area (Å²) >= 11 is 0. The minimum absolute atomic E-state index is 0.0157. The highest BCUT2D eigenvalue weighted by Crippen LogP contribution is 2.44. The van der Waals surface area contributed by atoms with Gasteiger partial charge in [0.05, 0.1) is 17.6 Å². The zero-order chi connectivity index (χ0) is 21.8. The zero-order valence-corrected chi connectivity index (χ0v) is 18.2. The number of nitrogens with zero attached hydrogens (tertiary/aromatic N) is 1. The molecule has 4 atom stereocenters. The fourth-order valence-corrected chi connectivity index (χ4v) is 7.93. The molecule has 1 saturated heterocycles.